The van der Waals surface area contributed by atoms with Gasteiger partial charge in [-0.25, -0.2) is 4.98 Å². The summed E-state index contributed by atoms with van der Waals surface area (Å²) in [6.45, 7) is 0. The van der Waals surface area contributed by atoms with Crippen molar-refractivity contribution in [2.45, 2.75) is 0 Å². The minimum absolute atomic E-state index is 0.363. The largest absolute Gasteiger partial charge is 0.245 e. The number of thiazole rings is 1. The molecule has 0 aliphatic heterocycles. The van der Waals surface area contributed by atoms with Crippen LogP contribution in [0.3, 0.4) is 0 Å². The lowest BCUT2D eigenvalue weighted by Gasteiger charge is -1.91. The molecular weight excluding hydrogens is 154 g/mol. The van der Waals surface area contributed by atoms with Crippen molar-refractivity contribution in [1.82, 2.24) is 4.98 Å². The number of benzene rings is 1. The lowest BCUT2D eigenvalue weighted by Crippen LogP contribution is -1.71. The van der Waals surface area contributed by atoms with Crippen molar-refractivity contribution in [3.8, 4) is 10.6 Å². The van der Waals surface area contributed by atoms with Gasteiger partial charge in [-0.3, -0.25) is 0 Å². The summed E-state index contributed by atoms with van der Waals surface area (Å²) in [4.78, 5) is 4.09. The fourth-order valence-corrected chi connectivity index (χ4v) is 1.43. The van der Waals surface area contributed by atoms with Gasteiger partial charge in [0.2, 0.25) is 0 Å². The van der Waals surface area contributed by atoms with E-state index in [1.165, 1.54) is 11.3 Å². The zero-order valence-electron chi connectivity index (χ0n) is 7.74. The van der Waals surface area contributed by atoms with Gasteiger partial charge in [0.1, 0.15) is 5.01 Å². The minimum atomic E-state index is 0.363. The zero-order chi connectivity index (χ0) is 9.26. The first-order valence-corrected chi connectivity index (χ1v) is 4.13. The normalized spacial score (nSPS) is 12.4. The van der Waals surface area contributed by atoms with E-state index in [-0.39, 0.29) is 0 Å². The summed E-state index contributed by atoms with van der Waals surface area (Å²) in [5, 5.41) is 2.59. The maximum absolute atomic E-state index is 7.63. The van der Waals surface area contributed by atoms with Crippen molar-refractivity contribution in [2.24, 2.45) is 0 Å². The first-order valence-electron chi connectivity index (χ1n) is 4.25. The first-order chi connectivity index (χ1) is 6.29. The molecule has 1 heterocycles. The van der Waals surface area contributed by atoms with E-state index in [9.17, 15) is 0 Å². The molecule has 2 heteroatoms. The average Bonchev–Trinajstić information content (AvgIpc) is 2.57. The fourth-order valence-electron chi connectivity index (χ4n) is 0.823. The summed E-state index contributed by atoms with van der Waals surface area (Å²) < 4.78 is 15.3. The fraction of sp³-hybridized carbons (Fsp3) is 0. The number of hydrogen-bond donors (Lipinski definition) is 0. The van der Waals surface area contributed by atoms with E-state index in [4.69, 9.17) is 2.74 Å². The molecule has 1 aromatic carbocycles. The molecule has 0 amide bonds. The number of aromatic nitrogens is 1. The molecule has 1 aromatic heterocycles. The van der Waals surface area contributed by atoms with Gasteiger partial charge in [-0.05, 0) is 0 Å². The quantitative estimate of drug-likeness (QED) is 0.630. The number of rotatable bonds is 1. The molecule has 2 aromatic rings. The third-order valence-corrected chi connectivity index (χ3v) is 2.08. The SMILES string of the molecule is [2H]c1cccc([2H])c1-c1nccs1. The van der Waals surface area contributed by atoms with Gasteiger partial charge in [-0.1, -0.05) is 30.3 Å². The molecule has 1 nitrogen and oxygen atoms in total. The molecule has 0 N–H and O–H groups in total. The van der Waals surface area contributed by atoms with Crippen LogP contribution in [0.25, 0.3) is 10.6 Å². The van der Waals surface area contributed by atoms with E-state index in [0.29, 0.717) is 17.6 Å². The maximum Gasteiger partial charge on any atom is 0.123 e. The summed E-state index contributed by atoms with van der Waals surface area (Å²) >= 11 is 1.45. The van der Waals surface area contributed by atoms with E-state index in [1.54, 1.807) is 24.4 Å². The van der Waals surface area contributed by atoms with Gasteiger partial charge in [-0.2, -0.15) is 0 Å². The second kappa shape index (κ2) is 2.84. The summed E-state index contributed by atoms with van der Waals surface area (Å²) in [5.74, 6) is 0. The topological polar surface area (TPSA) is 12.9 Å². The second-order valence-electron chi connectivity index (χ2n) is 2.03. The molecule has 54 valence electrons. The minimum Gasteiger partial charge on any atom is -0.245 e. The lowest BCUT2D eigenvalue weighted by molar-refractivity contribution is 1.41. The molecule has 0 aliphatic rings. The van der Waals surface area contributed by atoms with Crippen molar-refractivity contribution in [3.05, 3.63) is 41.9 Å². The van der Waals surface area contributed by atoms with Crippen molar-refractivity contribution in [3.63, 3.8) is 0 Å². The van der Waals surface area contributed by atoms with Crippen molar-refractivity contribution < 1.29 is 2.74 Å². The van der Waals surface area contributed by atoms with Crippen LogP contribution in [0.1, 0.15) is 2.74 Å². The zero-order valence-corrected chi connectivity index (χ0v) is 6.56. The molecular formula is C9H7NS. The van der Waals surface area contributed by atoms with Crippen LogP contribution in [-0.2, 0) is 0 Å². The molecule has 0 fully saturated rings. The van der Waals surface area contributed by atoms with Crippen molar-refractivity contribution >= 4 is 11.3 Å². The molecule has 0 bridgehead atoms. The van der Waals surface area contributed by atoms with Gasteiger partial charge < -0.3 is 0 Å². The Kier molecular flexibility index (Phi) is 1.21. The first kappa shape index (κ1) is 4.67. The highest BCUT2D eigenvalue weighted by Gasteiger charge is 1.95. The number of hydrogen-bond acceptors (Lipinski definition) is 2. The van der Waals surface area contributed by atoms with Crippen LogP contribution >= 0.6 is 11.3 Å². The van der Waals surface area contributed by atoms with Crippen molar-refractivity contribution in [2.75, 3.05) is 0 Å². The monoisotopic (exact) mass is 163 g/mol. The van der Waals surface area contributed by atoms with E-state index in [2.05, 4.69) is 4.98 Å². The smallest absolute Gasteiger partial charge is 0.123 e. The molecule has 0 atom stereocenters. The summed E-state index contributed by atoms with van der Waals surface area (Å²) in [6.07, 6.45) is 1.69. The van der Waals surface area contributed by atoms with Gasteiger partial charge in [-0.15, -0.1) is 11.3 Å². The summed E-state index contributed by atoms with van der Waals surface area (Å²) in [5.41, 5.74) is 0.623. The van der Waals surface area contributed by atoms with Crippen LogP contribution in [0.15, 0.2) is 41.9 Å². The third-order valence-electron chi connectivity index (χ3n) is 1.29. The predicted molar refractivity (Wildman–Crippen MR) is 47.6 cm³/mol. The summed E-state index contributed by atoms with van der Waals surface area (Å²) in [6, 6.07) is 5.79. The Morgan fingerprint density at radius 3 is 2.73 bits per heavy atom. The van der Waals surface area contributed by atoms with E-state index >= 15 is 0 Å². The Morgan fingerprint density at radius 1 is 1.27 bits per heavy atom. The molecule has 11 heavy (non-hydrogen) atoms. The Hall–Kier alpha value is -1.15. The van der Waals surface area contributed by atoms with Gasteiger partial charge in [0, 0.05) is 17.1 Å². The van der Waals surface area contributed by atoms with Crippen LogP contribution in [0, 0.1) is 0 Å². The standard InChI is InChI=1S/C9H7NS/c1-2-4-8(5-3-1)9-10-6-7-11-9/h1-7H/i4D,5D. The van der Waals surface area contributed by atoms with E-state index in [1.807, 2.05) is 5.38 Å². The van der Waals surface area contributed by atoms with Crippen molar-refractivity contribution in [1.29, 1.82) is 0 Å². The lowest BCUT2D eigenvalue weighted by atomic mass is 10.2. The van der Waals surface area contributed by atoms with Crippen LogP contribution in [0.5, 0.6) is 0 Å². The third kappa shape index (κ3) is 1.30. The molecule has 0 aliphatic carbocycles. The predicted octanol–water partition coefficient (Wildman–Crippen LogP) is 2.81. The Labute approximate surface area is 72.2 Å². The molecule has 0 spiro atoms. The Balaban J connectivity index is 2.64. The Bertz CT molecular complexity index is 391. The molecule has 0 unspecified atom stereocenters. The highest BCUT2D eigenvalue weighted by molar-refractivity contribution is 7.13. The highest BCUT2D eigenvalue weighted by atomic mass is 32.1. The summed E-state index contributed by atoms with van der Waals surface area (Å²) in [7, 11) is 0. The molecule has 2 rings (SSSR count). The second-order valence-corrected chi connectivity index (χ2v) is 2.92. The van der Waals surface area contributed by atoms with Gasteiger partial charge >= 0.3 is 0 Å². The number of nitrogens with zero attached hydrogens (tertiary/aromatic N) is 1. The average molecular weight is 163 g/mol. The Morgan fingerprint density at radius 2 is 2.09 bits per heavy atom. The van der Waals surface area contributed by atoms with Gasteiger partial charge in [0.25, 0.3) is 0 Å². The van der Waals surface area contributed by atoms with Crippen LogP contribution < -0.4 is 0 Å². The van der Waals surface area contributed by atoms with Crippen LogP contribution in [-0.4, -0.2) is 4.98 Å². The van der Waals surface area contributed by atoms with Crippen LogP contribution in [0.2, 0.25) is 0 Å². The van der Waals surface area contributed by atoms with Crippen LogP contribution in [0.4, 0.5) is 0 Å². The van der Waals surface area contributed by atoms with E-state index < -0.39 is 0 Å². The van der Waals surface area contributed by atoms with E-state index in [0.717, 1.165) is 5.01 Å². The maximum atomic E-state index is 7.63. The molecule has 0 radical (unpaired) electrons. The molecule has 0 saturated heterocycles. The molecule has 0 saturated carbocycles. The van der Waals surface area contributed by atoms with Gasteiger partial charge in [0.05, 0.1) is 2.74 Å². The highest BCUT2D eigenvalue weighted by Crippen LogP contribution is 2.20. The van der Waals surface area contributed by atoms with Gasteiger partial charge in [0.15, 0.2) is 0 Å².